The molecule has 1 atom stereocenters. The molecule has 0 radical (unpaired) electrons. The Labute approximate surface area is 160 Å². The summed E-state index contributed by atoms with van der Waals surface area (Å²) in [6.07, 6.45) is -0.856. The summed E-state index contributed by atoms with van der Waals surface area (Å²) in [5, 5.41) is 11.8. The maximum absolute atomic E-state index is 12.5. The highest BCUT2D eigenvalue weighted by atomic mass is 16.5. The van der Waals surface area contributed by atoms with E-state index < -0.39 is 23.9 Å². The summed E-state index contributed by atoms with van der Waals surface area (Å²) < 4.78 is 5.48. The van der Waals surface area contributed by atoms with Crippen LogP contribution in [0.2, 0.25) is 0 Å². The number of hydrogen-bond acceptors (Lipinski definition) is 5. The first-order valence-corrected chi connectivity index (χ1v) is 8.52. The Morgan fingerprint density at radius 1 is 1.14 bits per heavy atom. The van der Waals surface area contributed by atoms with Gasteiger partial charge in [0.05, 0.1) is 11.3 Å². The number of rotatable bonds is 5. The van der Waals surface area contributed by atoms with Gasteiger partial charge in [0.15, 0.2) is 11.9 Å². The molecule has 0 fully saturated rings. The van der Waals surface area contributed by atoms with Crippen molar-refractivity contribution in [1.82, 2.24) is 0 Å². The number of ketones is 1. The molecule has 0 aliphatic carbocycles. The number of nitrogens with zero attached hydrogens (tertiary/aromatic N) is 1. The van der Waals surface area contributed by atoms with Crippen molar-refractivity contribution in [2.24, 2.45) is 0 Å². The van der Waals surface area contributed by atoms with E-state index in [1.807, 2.05) is 0 Å². The van der Waals surface area contributed by atoms with Crippen molar-refractivity contribution < 1.29 is 29.0 Å². The molecule has 2 aromatic carbocycles. The van der Waals surface area contributed by atoms with Gasteiger partial charge in [0, 0.05) is 11.3 Å². The zero-order valence-corrected chi connectivity index (χ0v) is 15.3. The van der Waals surface area contributed by atoms with Crippen LogP contribution < -0.4 is 15.0 Å². The first-order valence-electron chi connectivity index (χ1n) is 8.52. The number of benzene rings is 2. The highest BCUT2D eigenvalue weighted by Crippen LogP contribution is 2.34. The Balaban J connectivity index is 1.82. The first-order chi connectivity index (χ1) is 13.3. The second-order valence-corrected chi connectivity index (χ2v) is 6.36. The molecule has 0 saturated carbocycles. The maximum Gasteiger partial charge on any atom is 0.335 e. The van der Waals surface area contributed by atoms with E-state index in [0.29, 0.717) is 16.9 Å². The molecule has 0 spiro atoms. The third kappa shape index (κ3) is 3.85. The predicted octanol–water partition coefficient (Wildman–Crippen LogP) is 2.34. The van der Waals surface area contributed by atoms with Crippen molar-refractivity contribution in [3.8, 4) is 5.75 Å². The van der Waals surface area contributed by atoms with Crippen LogP contribution in [-0.4, -0.2) is 41.3 Å². The number of hydrogen-bond donors (Lipinski definition) is 2. The highest BCUT2D eigenvalue weighted by molar-refractivity contribution is 6.07. The summed E-state index contributed by atoms with van der Waals surface area (Å²) in [4.78, 5) is 48.8. The Hall–Kier alpha value is -3.68. The van der Waals surface area contributed by atoms with E-state index in [2.05, 4.69) is 5.32 Å². The number of carboxylic acid groups (broad SMARTS) is 1. The van der Waals surface area contributed by atoms with Gasteiger partial charge in [-0.3, -0.25) is 19.3 Å². The minimum absolute atomic E-state index is 0.0192. The van der Waals surface area contributed by atoms with E-state index in [9.17, 15) is 19.2 Å². The summed E-state index contributed by atoms with van der Waals surface area (Å²) in [6.45, 7) is 2.67. The Bertz CT molecular complexity index is 984. The van der Waals surface area contributed by atoms with Crippen molar-refractivity contribution >= 4 is 34.9 Å². The summed E-state index contributed by atoms with van der Waals surface area (Å²) in [6, 6.07) is 10.6. The minimum Gasteiger partial charge on any atom is -0.479 e. The van der Waals surface area contributed by atoms with Gasteiger partial charge in [-0.05, 0) is 44.2 Å². The van der Waals surface area contributed by atoms with Crippen molar-refractivity contribution in [1.29, 1.82) is 0 Å². The Kier molecular flexibility index (Phi) is 5.12. The highest BCUT2D eigenvalue weighted by Gasteiger charge is 2.33. The lowest BCUT2D eigenvalue weighted by atomic mass is 10.1. The topological polar surface area (TPSA) is 113 Å². The molecule has 2 N–H and O–H groups in total. The van der Waals surface area contributed by atoms with Crippen LogP contribution >= 0.6 is 0 Å². The molecule has 0 saturated heterocycles. The lowest BCUT2D eigenvalue weighted by Crippen LogP contribution is -2.47. The lowest BCUT2D eigenvalue weighted by molar-refractivity contribution is -0.127. The molecular formula is C20H18N2O6. The summed E-state index contributed by atoms with van der Waals surface area (Å²) >= 11 is 0. The standard InChI is InChI=1S/C20H18N2O6/c1-11(23)13-4-3-5-15(8-13)21-18(24)10-22-16-7-6-14(20(26)27)9-17(16)28-12(2)19(22)25/h3-9,12H,10H2,1-2H3,(H,21,24)(H,26,27). The molecule has 8 nitrogen and oxygen atoms in total. The monoisotopic (exact) mass is 382 g/mol. The fraction of sp³-hybridized carbons (Fsp3) is 0.200. The minimum atomic E-state index is -1.12. The van der Waals surface area contributed by atoms with Crippen LogP contribution in [0.3, 0.4) is 0 Å². The molecule has 144 valence electrons. The molecule has 1 unspecified atom stereocenters. The van der Waals surface area contributed by atoms with E-state index in [4.69, 9.17) is 9.84 Å². The molecule has 3 rings (SSSR count). The van der Waals surface area contributed by atoms with Crippen molar-refractivity contribution in [2.75, 3.05) is 16.8 Å². The van der Waals surface area contributed by atoms with Crippen LogP contribution in [0, 0.1) is 0 Å². The summed E-state index contributed by atoms with van der Waals surface area (Å²) in [5.74, 6) is -1.90. The van der Waals surface area contributed by atoms with E-state index in [1.54, 1.807) is 24.3 Å². The lowest BCUT2D eigenvalue weighted by Gasteiger charge is -2.32. The van der Waals surface area contributed by atoms with Crippen LogP contribution in [0.5, 0.6) is 5.75 Å². The average Bonchev–Trinajstić information content (AvgIpc) is 2.65. The van der Waals surface area contributed by atoms with E-state index in [0.717, 1.165) is 0 Å². The van der Waals surface area contributed by atoms with E-state index >= 15 is 0 Å². The quantitative estimate of drug-likeness (QED) is 0.768. The third-order valence-corrected chi connectivity index (χ3v) is 4.27. The van der Waals surface area contributed by atoms with Crippen LogP contribution in [0.1, 0.15) is 34.6 Å². The number of carboxylic acids is 1. The fourth-order valence-electron chi connectivity index (χ4n) is 2.87. The Morgan fingerprint density at radius 3 is 2.57 bits per heavy atom. The van der Waals surface area contributed by atoms with Crippen molar-refractivity contribution in [3.05, 3.63) is 53.6 Å². The number of aromatic carboxylic acids is 1. The van der Waals surface area contributed by atoms with Gasteiger partial charge in [-0.25, -0.2) is 4.79 Å². The summed E-state index contributed by atoms with van der Waals surface area (Å²) in [7, 11) is 0. The summed E-state index contributed by atoms with van der Waals surface area (Å²) in [5.41, 5.74) is 1.24. The number of carbonyl (C=O) groups is 4. The molecule has 0 bridgehead atoms. The van der Waals surface area contributed by atoms with Crippen LogP contribution in [0.4, 0.5) is 11.4 Å². The van der Waals surface area contributed by atoms with Crippen LogP contribution in [0.15, 0.2) is 42.5 Å². The molecule has 28 heavy (non-hydrogen) atoms. The second kappa shape index (κ2) is 7.51. The van der Waals surface area contributed by atoms with E-state index in [-0.39, 0.29) is 23.6 Å². The zero-order chi connectivity index (χ0) is 20.4. The van der Waals surface area contributed by atoms with Gasteiger partial charge in [-0.15, -0.1) is 0 Å². The number of ether oxygens (including phenoxy) is 1. The van der Waals surface area contributed by atoms with Gasteiger partial charge in [-0.1, -0.05) is 12.1 Å². The van der Waals surface area contributed by atoms with Gasteiger partial charge < -0.3 is 15.2 Å². The molecule has 8 heteroatoms. The number of amides is 2. The van der Waals surface area contributed by atoms with Gasteiger partial charge in [0.1, 0.15) is 12.3 Å². The van der Waals surface area contributed by atoms with Crippen molar-refractivity contribution in [3.63, 3.8) is 0 Å². The largest absolute Gasteiger partial charge is 0.479 e. The smallest absolute Gasteiger partial charge is 0.335 e. The van der Waals surface area contributed by atoms with Crippen molar-refractivity contribution in [2.45, 2.75) is 20.0 Å². The fourth-order valence-corrected chi connectivity index (χ4v) is 2.87. The van der Waals surface area contributed by atoms with Gasteiger partial charge in [0.2, 0.25) is 5.91 Å². The van der Waals surface area contributed by atoms with Crippen LogP contribution in [-0.2, 0) is 9.59 Å². The van der Waals surface area contributed by atoms with Gasteiger partial charge in [0.25, 0.3) is 5.91 Å². The average molecular weight is 382 g/mol. The molecular weight excluding hydrogens is 364 g/mol. The normalized spacial score (nSPS) is 15.4. The van der Waals surface area contributed by atoms with Crippen LogP contribution in [0.25, 0.3) is 0 Å². The van der Waals surface area contributed by atoms with Gasteiger partial charge >= 0.3 is 5.97 Å². The number of carbonyl (C=O) groups excluding carboxylic acids is 3. The molecule has 1 aliphatic rings. The molecule has 2 amide bonds. The zero-order valence-electron chi connectivity index (χ0n) is 15.3. The molecule has 1 aliphatic heterocycles. The number of fused-ring (bicyclic) bond motifs is 1. The number of nitrogens with one attached hydrogen (secondary N) is 1. The predicted molar refractivity (Wildman–Crippen MR) is 101 cm³/mol. The molecule has 0 aromatic heterocycles. The first kappa shape index (κ1) is 19.1. The number of Topliss-reactive ketones (excluding diaryl/α,β-unsaturated/α-hetero) is 1. The maximum atomic E-state index is 12.5. The SMILES string of the molecule is CC(=O)c1cccc(NC(=O)CN2C(=O)C(C)Oc3cc(C(=O)O)ccc32)c1. The number of anilines is 2. The molecule has 2 aromatic rings. The third-order valence-electron chi connectivity index (χ3n) is 4.27. The molecule has 1 heterocycles. The van der Waals surface area contributed by atoms with Gasteiger partial charge in [-0.2, -0.15) is 0 Å². The van der Waals surface area contributed by atoms with E-state index in [1.165, 1.54) is 36.9 Å². The Morgan fingerprint density at radius 2 is 1.89 bits per heavy atom. The second-order valence-electron chi connectivity index (χ2n) is 6.36.